The molecule has 2 unspecified atom stereocenters. The minimum Gasteiger partial charge on any atom is -0.474 e. The van der Waals surface area contributed by atoms with Crippen LogP contribution in [0.3, 0.4) is 0 Å². The molecule has 268 valence electrons. The Morgan fingerprint density at radius 2 is 1.82 bits per heavy atom. The van der Waals surface area contributed by atoms with Gasteiger partial charge in [-0.05, 0) is 58.7 Å². The van der Waals surface area contributed by atoms with Crippen molar-refractivity contribution in [3.8, 4) is 23.1 Å². The van der Waals surface area contributed by atoms with Gasteiger partial charge in [0.05, 0.1) is 29.4 Å². The maximum absolute atomic E-state index is 16.6. The fraction of sp³-hybridized carbons (Fsp3) is 0.636. The van der Waals surface area contributed by atoms with Gasteiger partial charge >= 0.3 is 12.2 Å². The number of hydrogen-bond acceptors (Lipinski definition) is 10. The number of nitrogens with one attached hydrogen (secondary N) is 2. The van der Waals surface area contributed by atoms with Gasteiger partial charge in [0.25, 0.3) is 5.92 Å². The Bertz CT molecular complexity index is 1720. The highest BCUT2D eigenvalue weighted by atomic mass is 19.4. The van der Waals surface area contributed by atoms with E-state index < -0.39 is 51.9 Å². The average molecular weight is 697 g/mol. The van der Waals surface area contributed by atoms with Crippen LogP contribution in [0.4, 0.5) is 38.0 Å². The first-order valence-electron chi connectivity index (χ1n) is 16.8. The number of nitrogens with two attached hydrogens (primary N) is 1. The largest absolute Gasteiger partial charge is 0.474 e. The molecule has 1 saturated heterocycles. The van der Waals surface area contributed by atoms with Gasteiger partial charge in [-0.15, -0.1) is 0 Å². The summed E-state index contributed by atoms with van der Waals surface area (Å²) in [4.78, 5) is 19.0. The maximum Gasteiger partial charge on any atom is 0.418 e. The standard InChI is InChI=1S/C31H36F6N8O2.C2H6/c1-16-3-7-39-8-9-40-25-20-24(22(32)23(42-26(20)47-16)18-11-19(38)41-17(2)21(18)31(35,36)37)43-27(44-25)46-15-28(4-5-28)13-45-10-6-29(14-45)12-30(29,33)34;1-2/h11,16,39H,3-10,12-15H2,1-2H3,(H2,38,41)(H,40,43,44);1-2H3. The van der Waals surface area contributed by atoms with E-state index in [1.54, 1.807) is 6.92 Å². The lowest BCUT2D eigenvalue weighted by atomic mass is 10.0. The molecule has 5 heterocycles. The van der Waals surface area contributed by atoms with E-state index in [0.717, 1.165) is 25.8 Å². The summed E-state index contributed by atoms with van der Waals surface area (Å²) in [5.74, 6) is -3.96. The van der Waals surface area contributed by atoms with Gasteiger partial charge in [-0.3, -0.25) is 0 Å². The number of hydrogen-bond donors (Lipinski definition) is 3. The zero-order chi connectivity index (χ0) is 35.4. The van der Waals surface area contributed by atoms with E-state index in [2.05, 4.69) is 35.5 Å². The van der Waals surface area contributed by atoms with Crippen LogP contribution in [0.5, 0.6) is 11.9 Å². The minimum absolute atomic E-state index is 0.0634. The van der Waals surface area contributed by atoms with E-state index in [1.165, 1.54) is 0 Å². The van der Waals surface area contributed by atoms with Gasteiger partial charge in [-0.25, -0.2) is 23.1 Å². The molecule has 1 spiro atoms. The van der Waals surface area contributed by atoms with Crippen LogP contribution in [-0.4, -0.2) is 82.7 Å². The summed E-state index contributed by atoms with van der Waals surface area (Å²) < 4.78 is 99.6. The van der Waals surface area contributed by atoms with E-state index in [-0.39, 0.29) is 52.9 Å². The lowest BCUT2D eigenvalue weighted by molar-refractivity contribution is -0.137. The number of nitrogen functional groups attached to an aromatic ring is 1. The molecule has 0 aromatic carbocycles. The summed E-state index contributed by atoms with van der Waals surface area (Å²) >= 11 is 0. The number of alkyl halides is 5. The second-order valence-corrected chi connectivity index (χ2v) is 13.5. The Labute approximate surface area is 280 Å². The number of aromatic nitrogens is 4. The van der Waals surface area contributed by atoms with Crippen LogP contribution >= 0.6 is 0 Å². The molecule has 3 aromatic rings. The molecule has 2 atom stereocenters. The fourth-order valence-electron chi connectivity index (χ4n) is 6.90. The lowest BCUT2D eigenvalue weighted by Gasteiger charge is -2.23. The van der Waals surface area contributed by atoms with Crippen molar-refractivity contribution >= 4 is 22.5 Å². The Morgan fingerprint density at radius 1 is 1.08 bits per heavy atom. The van der Waals surface area contributed by atoms with Crippen molar-refractivity contribution in [2.75, 3.05) is 56.9 Å². The number of halogens is 6. The fourth-order valence-corrected chi connectivity index (χ4v) is 6.90. The first kappa shape index (κ1) is 35.2. The zero-order valence-corrected chi connectivity index (χ0v) is 28.0. The highest BCUT2D eigenvalue weighted by Gasteiger charge is 2.72. The first-order valence-corrected chi connectivity index (χ1v) is 16.8. The van der Waals surface area contributed by atoms with Gasteiger partial charge in [-0.2, -0.15) is 23.1 Å². The van der Waals surface area contributed by atoms with Gasteiger partial charge in [0, 0.05) is 43.6 Å². The second-order valence-electron chi connectivity index (χ2n) is 13.5. The molecule has 7 rings (SSSR count). The number of nitrogens with zero attached hydrogens (tertiary/aromatic N) is 5. The highest BCUT2D eigenvalue weighted by Crippen LogP contribution is 2.65. The Kier molecular flexibility index (Phi) is 9.26. The minimum atomic E-state index is -4.89. The number of pyridine rings is 2. The van der Waals surface area contributed by atoms with Crippen LogP contribution in [0.2, 0.25) is 0 Å². The van der Waals surface area contributed by atoms with Gasteiger partial charge < -0.3 is 30.7 Å². The summed E-state index contributed by atoms with van der Waals surface area (Å²) in [5.41, 5.74) is 1.46. The molecule has 3 fully saturated rings. The molecule has 49 heavy (non-hydrogen) atoms. The molecule has 2 aliphatic carbocycles. The Balaban J connectivity index is 0.00000205. The first-order chi connectivity index (χ1) is 23.2. The molecule has 16 heteroatoms. The van der Waals surface area contributed by atoms with E-state index in [1.807, 2.05) is 13.8 Å². The molecule has 2 aliphatic heterocycles. The molecule has 3 aromatic heterocycles. The van der Waals surface area contributed by atoms with Crippen LogP contribution in [-0.2, 0) is 6.18 Å². The van der Waals surface area contributed by atoms with E-state index in [9.17, 15) is 22.0 Å². The topological polar surface area (TPSA) is 123 Å². The van der Waals surface area contributed by atoms with Crippen LogP contribution in [0.15, 0.2) is 6.07 Å². The lowest BCUT2D eigenvalue weighted by Crippen LogP contribution is -2.32. The predicted molar refractivity (Wildman–Crippen MR) is 172 cm³/mol. The molecule has 0 bridgehead atoms. The third-order valence-electron chi connectivity index (χ3n) is 9.79. The molecular formula is C33H42F6N8O2. The summed E-state index contributed by atoms with van der Waals surface area (Å²) in [7, 11) is 0. The Morgan fingerprint density at radius 3 is 2.47 bits per heavy atom. The second kappa shape index (κ2) is 12.9. The van der Waals surface area contributed by atoms with Gasteiger partial charge in [0.15, 0.2) is 5.82 Å². The highest BCUT2D eigenvalue weighted by molar-refractivity contribution is 5.96. The maximum atomic E-state index is 16.6. The van der Waals surface area contributed by atoms with Crippen LogP contribution in [0.1, 0.15) is 64.1 Å². The Hall–Kier alpha value is -3.66. The van der Waals surface area contributed by atoms with Crippen molar-refractivity contribution in [3.63, 3.8) is 0 Å². The van der Waals surface area contributed by atoms with E-state index in [0.29, 0.717) is 52.1 Å². The van der Waals surface area contributed by atoms with Crippen LogP contribution in [0.25, 0.3) is 22.2 Å². The van der Waals surface area contributed by atoms with Crippen molar-refractivity contribution in [2.24, 2.45) is 10.8 Å². The van der Waals surface area contributed by atoms with E-state index >= 15 is 4.39 Å². The molecule has 4 N–H and O–H groups in total. The summed E-state index contributed by atoms with van der Waals surface area (Å²) in [5, 5.41) is 6.48. The monoisotopic (exact) mass is 696 g/mol. The average Bonchev–Trinajstić information content (AvgIpc) is 3.85. The summed E-state index contributed by atoms with van der Waals surface area (Å²) in [6.07, 6.45) is -2.76. The molecule has 2 saturated carbocycles. The molecule has 4 aliphatic rings. The summed E-state index contributed by atoms with van der Waals surface area (Å²) in [6, 6.07) is 0.754. The van der Waals surface area contributed by atoms with Crippen molar-refractivity contribution in [1.29, 1.82) is 0 Å². The van der Waals surface area contributed by atoms with Crippen molar-refractivity contribution in [3.05, 3.63) is 23.1 Å². The number of ether oxygens (including phenoxy) is 2. The normalized spacial score (nSPS) is 24.3. The van der Waals surface area contributed by atoms with Crippen LogP contribution < -0.4 is 25.8 Å². The number of likely N-dealkylation sites (tertiary alicyclic amines) is 1. The molecule has 10 nitrogen and oxygen atoms in total. The zero-order valence-electron chi connectivity index (χ0n) is 28.0. The predicted octanol–water partition coefficient (Wildman–Crippen LogP) is 6.22. The number of rotatable bonds is 6. The SMILES string of the molecule is CC.Cc1nc(N)cc(-c2nc3c4c(nc(OCC5(CN6CCC7(C6)CC7(F)F)CC5)nc4c2F)NCCNCCC(C)O3)c1C(F)(F)F. The number of aryl methyl sites for hydroxylation is 1. The van der Waals surface area contributed by atoms with Gasteiger partial charge in [0.1, 0.15) is 28.2 Å². The van der Waals surface area contributed by atoms with Crippen LogP contribution in [0, 0.1) is 23.6 Å². The molecular weight excluding hydrogens is 654 g/mol. The summed E-state index contributed by atoms with van der Waals surface area (Å²) in [6.45, 7) is 10.1. The van der Waals surface area contributed by atoms with Gasteiger partial charge in [-0.1, -0.05) is 13.8 Å². The molecule has 0 amide bonds. The third-order valence-corrected chi connectivity index (χ3v) is 9.79. The van der Waals surface area contributed by atoms with E-state index in [4.69, 9.17) is 15.2 Å². The van der Waals surface area contributed by atoms with Crippen molar-refractivity contribution < 1.29 is 35.8 Å². The van der Waals surface area contributed by atoms with Crippen molar-refractivity contribution in [2.45, 2.75) is 78.0 Å². The number of anilines is 2. The smallest absolute Gasteiger partial charge is 0.418 e. The molecule has 0 radical (unpaired) electrons. The van der Waals surface area contributed by atoms with Gasteiger partial charge in [0.2, 0.25) is 5.88 Å². The third kappa shape index (κ3) is 6.90. The van der Waals surface area contributed by atoms with Crippen molar-refractivity contribution in [1.82, 2.24) is 30.2 Å². The quantitative estimate of drug-likeness (QED) is 0.256.